The van der Waals surface area contributed by atoms with Crippen LogP contribution in [0.1, 0.15) is 77.7 Å². The number of hydrogen-bond acceptors (Lipinski definition) is 9. The lowest BCUT2D eigenvalue weighted by Crippen LogP contribution is -2.45. The van der Waals surface area contributed by atoms with Crippen LogP contribution in [0.3, 0.4) is 0 Å². The number of pyridine rings is 1. The van der Waals surface area contributed by atoms with Crippen LogP contribution in [0.25, 0.3) is 0 Å². The van der Waals surface area contributed by atoms with Crippen LogP contribution in [0.2, 0.25) is 0 Å². The van der Waals surface area contributed by atoms with Gasteiger partial charge in [-0.25, -0.2) is 4.98 Å². The summed E-state index contributed by atoms with van der Waals surface area (Å²) in [4.78, 5) is 42.7. The van der Waals surface area contributed by atoms with Gasteiger partial charge in [0.05, 0.1) is 19.1 Å². The zero-order valence-electron chi connectivity index (χ0n) is 24.7. The van der Waals surface area contributed by atoms with Crippen molar-refractivity contribution < 1.29 is 38.1 Å². The highest BCUT2D eigenvalue weighted by molar-refractivity contribution is 6.00. The number of carbonyl (C=O) groups is 3. The van der Waals surface area contributed by atoms with E-state index in [2.05, 4.69) is 4.98 Å². The maximum Gasteiger partial charge on any atom is 0.309 e. The third kappa shape index (κ3) is 9.93. The van der Waals surface area contributed by atoms with Gasteiger partial charge in [0.15, 0.2) is 23.3 Å². The number of para-hydroxylation sites is 1. The van der Waals surface area contributed by atoms with E-state index in [1.165, 1.54) is 26.3 Å². The molecule has 0 fully saturated rings. The smallest absolute Gasteiger partial charge is 0.309 e. The summed E-state index contributed by atoms with van der Waals surface area (Å²) < 4.78 is 28.8. The van der Waals surface area contributed by atoms with Crippen molar-refractivity contribution in [2.75, 3.05) is 13.7 Å². The first-order valence-corrected chi connectivity index (χ1v) is 13.9. The molecule has 4 atom stereocenters. The number of benzene rings is 1. The molecule has 40 heavy (non-hydrogen) atoms. The van der Waals surface area contributed by atoms with E-state index in [0.717, 1.165) is 6.42 Å². The molecular formula is C31H43NO8. The standard InChI is InChI=1S/C31H43NO8/c1-8-17-37-26(9-2)29(40-24-13-11-10-12-14-24)21(5)38-31(35)23(18-20(3)4)19-25(34)28-30(39-22(6)33)27(36-7)15-16-32-28/h10-16,20-21,23,26,29H,8-9,17-19H2,1-7H3/t21-,23+,26-,29-/m0/s1. The Labute approximate surface area is 237 Å². The molecule has 2 rings (SSSR count). The van der Waals surface area contributed by atoms with Crippen LogP contribution in [0, 0.1) is 11.8 Å². The first-order chi connectivity index (χ1) is 19.1. The molecule has 2 aromatic rings. The lowest BCUT2D eigenvalue weighted by Gasteiger charge is -2.32. The van der Waals surface area contributed by atoms with Crippen molar-refractivity contribution >= 4 is 17.7 Å². The van der Waals surface area contributed by atoms with E-state index in [1.807, 2.05) is 58.0 Å². The van der Waals surface area contributed by atoms with Gasteiger partial charge in [0.2, 0.25) is 5.75 Å². The van der Waals surface area contributed by atoms with Crippen molar-refractivity contribution in [1.82, 2.24) is 4.98 Å². The van der Waals surface area contributed by atoms with Gasteiger partial charge >= 0.3 is 11.9 Å². The topological polar surface area (TPSA) is 110 Å². The lowest BCUT2D eigenvalue weighted by atomic mass is 9.91. The van der Waals surface area contributed by atoms with Gasteiger partial charge in [-0.1, -0.05) is 45.9 Å². The quantitative estimate of drug-likeness (QED) is 0.175. The van der Waals surface area contributed by atoms with Gasteiger partial charge in [0.25, 0.3) is 0 Å². The normalized spacial score (nSPS) is 14.1. The van der Waals surface area contributed by atoms with Gasteiger partial charge in [-0.3, -0.25) is 14.4 Å². The van der Waals surface area contributed by atoms with Crippen molar-refractivity contribution in [1.29, 1.82) is 0 Å². The number of esters is 2. The molecule has 0 aliphatic carbocycles. The van der Waals surface area contributed by atoms with E-state index in [0.29, 0.717) is 25.2 Å². The maximum absolute atomic E-state index is 13.5. The third-order valence-electron chi connectivity index (χ3n) is 6.20. The summed E-state index contributed by atoms with van der Waals surface area (Å²) in [5.74, 6) is -1.45. The molecule has 0 spiro atoms. The molecule has 0 saturated carbocycles. The van der Waals surface area contributed by atoms with Crippen LogP contribution in [0.5, 0.6) is 17.2 Å². The predicted octanol–water partition coefficient (Wildman–Crippen LogP) is 5.84. The summed E-state index contributed by atoms with van der Waals surface area (Å²) in [6, 6.07) is 10.8. The maximum atomic E-state index is 13.5. The van der Waals surface area contributed by atoms with Crippen molar-refractivity contribution in [3.05, 3.63) is 48.3 Å². The van der Waals surface area contributed by atoms with Crippen LogP contribution >= 0.6 is 0 Å². The highest BCUT2D eigenvalue weighted by Gasteiger charge is 2.35. The molecule has 1 aromatic heterocycles. The first kappa shape index (κ1) is 32.8. The Morgan fingerprint density at radius 2 is 1.70 bits per heavy atom. The van der Waals surface area contributed by atoms with E-state index in [-0.39, 0.29) is 35.6 Å². The van der Waals surface area contributed by atoms with E-state index >= 15 is 0 Å². The Kier molecular flexibility index (Phi) is 13.6. The number of methoxy groups -OCH3 is 1. The summed E-state index contributed by atoms with van der Waals surface area (Å²) in [6.07, 6.45) is 1.61. The monoisotopic (exact) mass is 557 g/mol. The lowest BCUT2D eigenvalue weighted by molar-refractivity contribution is -0.163. The van der Waals surface area contributed by atoms with Crippen molar-refractivity contribution in [2.45, 2.75) is 85.5 Å². The average molecular weight is 558 g/mol. The van der Waals surface area contributed by atoms with E-state index in [4.69, 9.17) is 23.7 Å². The SMILES string of the molecule is CCCO[C@@H](CC)[C@@H](Oc1ccccc1)[C@H](C)OC(=O)[C@@H](CC(=O)c1nccc(OC)c1OC(C)=O)CC(C)C. The summed E-state index contributed by atoms with van der Waals surface area (Å²) in [7, 11) is 1.40. The van der Waals surface area contributed by atoms with E-state index in [9.17, 15) is 14.4 Å². The number of hydrogen-bond donors (Lipinski definition) is 0. The number of nitrogens with zero attached hydrogens (tertiary/aromatic N) is 1. The molecule has 0 aliphatic heterocycles. The van der Waals surface area contributed by atoms with E-state index in [1.54, 1.807) is 6.92 Å². The minimum absolute atomic E-state index is 0.0669. The third-order valence-corrected chi connectivity index (χ3v) is 6.20. The first-order valence-electron chi connectivity index (χ1n) is 13.9. The van der Waals surface area contributed by atoms with Gasteiger partial charge < -0.3 is 23.7 Å². The molecule has 1 aromatic carbocycles. The molecular weight excluding hydrogens is 514 g/mol. The summed E-state index contributed by atoms with van der Waals surface area (Å²) in [6.45, 7) is 11.5. The van der Waals surface area contributed by atoms with Crippen LogP contribution in [-0.2, 0) is 19.1 Å². The Bertz CT molecular complexity index is 1090. The molecule has 0 saturated heterocycles. The largest absolute Gasteiger partial charge is 0.493 e. The summed E-state index contributed by atoms with van der Waals surface area (Å²) >= 11 is 0. The van der Waals surface area contributed by atoms with Gasteiger partial charge in [-0.05, 0) is 44.2 Å². The fraction of sp³-hybridized carbons (Fsp3) is 0.548. The number of Topliss-reactive ketones (excluding diaryl/α,β-unsaturated/α-hetero) is 1. The van der Waals surface area contributed by atoms with E-state index < -0.39 is 35.8 Å². The average Bonchev–Trinajstić information content (AvgIpc) is 2.92. The second-order valence-electron chi connectivity index (χ2n) is 10.1. The Morgan fingerprint density at radius 3 is 2.27 bits per heavy atom. The number of rotatable bonds is 17. The predicted molar refractivity (Wildman–Crippen MR) is 151 cm³/mol. The molecule has 220 valence electrons. The minimum Gasteiger partial charge on any atom is -0.493 e. The molecule has 0 unspecified atom stereocenters. The highest BCUT2D eigenvalue weighted by atomic mass is 16.6. The molecule has 0 N–H and O–H groups in total. The van der Waals surface area contributed by atoms with Gasteiger partial charge in [0, 0.05) is 32.2 Å². The van der Waals surface area contributed by atoms with Gasteiger partial charge in [0.1, 0.15) is 11.9 Å². The van der Waals surface area contributed by atoms with Crippen LogP contribution in [0.4, 0.5) is 0 Å². The Morgan fingerprint density at radius 1 is 1.00 bits per heavy atom. The molecule has 0 amide bonds. The second kappa shape index (κ2) is 16.6. The molecule has 9 heteroatoms. The molecule has 0 radical (unpaired) electrons. The number of aromatic nitrogens is 1. The number of ketones is 1. The van der Waals surface area contributed by atoms with Crippen molar-refractivity contribution in [3.8, 4) is 17.2 Å². The second-order valence-corrected chi connectivity index (χ2v) is 10.1. The zero-order valence-corrected chi connectivity index (χ0v) is 24.7. The van der Waals surface area contributed by atoms with Gasteiger partial charge in [-0.2, -0.15) is 0 Å². The van der Waals surface area contributed by atoms with Crippen LogP contribution in [0.15, 0.2) is 42.6 Å². The van der Waals surface area contributed by atoms with Crippen LogP contribution in [-0.4, -0.2) is 54.7 Å². The van der Waals surface area contributed by atoms with Crippen molar-refractivity contribution in [3.63, 3.8) is 0 Å². The Balaban J connectivity index is 2.29. The van der Waals surface area contributed by atoms with Crippen LogP contribution < -0.4 is 14.2 Å². The number of carbonyl (C=O) groups excluding carboxylic acids is 3. The Hall–Kier alpha value is -3.46. The minimum atomic E-state index is -0.748. The molecule has 9 nitrogen and oxygen atoms in total. The summed E-state index contributed by atoms with van der Waals surface area (Å²) in [5, 5.41) is 0. The number of ether oxygens (including phenoxy) is 5. The molecule has 0 bridgehead atoms. The molecule has 0 aliphatic rings. The highest BCUT2D eigenvalue weighted by Crippen LogP contribution is 2.32. The summed E-state index contributed by atoms with van der Waals surface area (Å²) in [5.41, 5.74) is -0.0755. The fourth-order valence-electron chi connectivity index (χ4n) is 4.38. The zero-order chi connectivity index (χ0) is 29.7. The van der Waals surface area contributed by atoms with Gasteiger partial charge in [-0.15, -0.1) is 0 Å². The van der Waals surface area contributed by atoms with Crippen molar-refractivity contribution in [2.24, 2.45) is 11.8 Å². The fourth-order valence-corrected chi connectivity index (χ4v) is 4.38. The molecule has 1 heterocycles.